The van der Waals surface area contributed by atoms with Crippen LogP contribution in [-0.2, 0) is 6.54 Å². The third kappa shape index (κ3) is 3.00. The molecule has 4 rings (SSSR count). The number of fused-ring (bicyclic) bond motifs is 1. The minimum atomic E-state index is 0.584. The average Bonchev–Trinajstić information content (AvgIpc) is 3.00. The fourth-order valence-corrected chi connectivity index (χ4v) is 3.34. The molecule has 4 heteroatoms. The fourth-order valence-electron chi connectivity index (χ4n) is 3.34. The Morgan fingerprint density at radius 3 is 2.78 bits per heavy atom. The average molecular weight is 306 g/mol. The minimum absolute atomic E-state index is 0.584. The van der Waals surface area contributed by atoms with Crippen LogP contribution in [0.15, 0.2) is 54.9 Å². The SMILES string of the molecule is CC1CN(Cc2ccc(-n3cnc4ccccc43)cc2)CCN1. The van der Waals surface area contributed by atoms with Crippen LogP contribution >= 0.6 is 0 Å². The molecule has 0 aliphatic carbocycles. The highest BCUT2D eigenvalue weighted by Crippen LogP contribution is 2.19. The summed E-state index contributed by atoms with van der Waals surface area (Å²) in [4.78, 5) is 6.98. The number of aromatic nitrogens is 2. The highest BCUT2D eigenvalue weighted by molar-refractivity contribution is 5.77. The van der Waals surface area contributed by atoms with Crippen molar-refractivity contribution >= 4 is 11.0 Å². The lowest BCUT2D eigenvalue weighted by molar-refractivity contribution is 0.199. The van der Waals surface area contributed by atoms with Crippen molar-refractivity contribution in [2.75, 3.05) is 19.6 Å². The van der Waals surface area contributed by atoms with Crippen LogP contribution in [0, 0.1) is 0 Å². The number of hydrogen-bond acceptors (Lipinski definition) is 3. The van der Waals surface area contributed by atoms with Gasteiger partial charge in [-0.05, 0) is 36.8 Å². The Morgan fingerprint density at radius 1 is 1.13 bits per heavy atom. The number of hydrogen-bond donors (Lipinski definition) is 1. The third-order valence-electron chi connectivity index (χ3n) is 4.53. The Balaban J connectivity index is 1.54. The van der Waals surface area contributed by atoms with E-state index in [1.54, 1.807) is 0 Å². The topological polar surface area (TPSA) is 33.1 Å². The van der Waals surface area contributed by atoms with Crippen LogP contribution in [0.1, 0.15) is 12.5 Å². The van der Waals surface area contributed by atoms with Gasteiger partial charge in [-0.25, -0.2) is 4.98 Å². The maximum atomic E-state index is 4.47. The zero-order chi connectivity index (χ0) is 15.6. The maximum Gasteiger partial charge on any atom is 0.100 e. The molecule has 0 bridgehead atoms. The van der Waals surface area contributed by atoms with Gasteiger partial charge in [0.05, 0.1) is 11.0 Å². The minimum Gasteiger partial charge on any atom is -0.312 e. The Kier molecular flexibility index (Phi) is 3.85. The molecule has 2 aromatic carbocycles. The van der Waals surface area contributed by atoms with Crippen LogP contribution in [-0.4, -0.2) is 40.1 Å². The molecule has 1 saturated heterocycles. The first-order valence-corrected chi connectivity index (χ1v) is 8.27. The Labute approximate surface area is 136 Å². The fraction of sp³-hybridized carbons (Fsp3) is 0.316. The van der Waals surface area contributed by atoms with E-state index in [-0.39, 0.29) is 0 Å². The first-order chi connectivity index (χ1) is 11.3. The monoisotopic (exact) mass is 306 g/mol. The van der Waals surface area contributed by atoms with Gasteiger partial charge in [-0.3, -0.25) is 9.47 Å². The standard InChI is InChI=1S/C19H22N4/c1-15-12-22(11-10-20-15)13-16-6-8-17(9-7-16)23-14-21-18-4-2-3-5-19(18)23/h2-9,14-15,20H,10-13H2,1H3. The first kappa shape index (κ1) is 14.4. The van der Waals surface area contributed by atoms with E-state index in [0.29, 0.717) is 6.04 Å². The van der Waals surface area contributed by atoms with E-state index in [1.807, 2.05) is 18.5 Å². The van der Waals surface area contributed by atoms with E-state index in [2.05, 4.69) is 63.1 Å². The molecule has 1 fully saturated rings. The molecule has 4 nitrogen and oxygen atoms in total. The van der Waals surface area contributed by atoms with Crippen LogP contribution in [0.2, 0.25) is 0 Å². The Bertz CT molecular complexity index is 790. The van der Waals surface area contributed by atoms with Crippen LogP contribution in [0.3, 0.4) is 0 Å². The van der Waals surface area contributed by atoms with Gasteiger partial charge in [0, 0.05) is 37.9 Å². The highest BCUT2D eigenvalue weighted by Gasteiger charge is 2.15. The lowest BCUT2D eigenvalue weighted by Crippen LogP contribution is -2.48. The molecule has 3 aromatic rings. The first-order valence-electron chi connectivity index (χ1n) is 8.27. The van der Waals surface area contributed by atoms with Crippen molar-refractivity contribution in [3.8, 4) is 5.69 Å². The van der Waals surface area contributed by atoms with E-state index in [9.17, 15) is 0 Å². The number of piperazine rings is 1. The largest absolute Gasteiger partial charge is 0.312 e. The third-order valence-corrected chi connectivity index (χ3v) is 4.53. The Morgan fingerprint density at radius 2 is 1.96 bits per heavy atom. The summed E-state index contributed by atoms with van der Waals surface area (Å²) in [5.74, 6) is 0. The van der Waals surface area contributed by atoms with E-state index in [0.717, 1.165) is 42.9 Å². The summed E-state index contributed by atoms with van der Waals surface area (Å²) in [6, 6.07) is 17.7. The van der Waals surface area contributed by atoms with E-state index in [4.69, 9.17) is 0 Å². The van der Waals surface area contributed by atoms with Crippen molar-refractivity contribution in [2.45, 2.75) is 19.5 Å². The molecule has 1 unspecified atom stereocenters. The number of nitrogens with one attached hydrogen (secondary N) is 1. The second-order valence-electron chi connectivity index (χ2n) is 6.36. The van der Waals surface area contributed by atoms with E-state index in [1.165, 1.54) is 5.56 Å². The van der Waals surface area contributed by atoms with Gasteiger partial charge in [-0.15, -0.1) is 0 Å². The molecular weight excluding hydrogens is 284 g/mol. The number of para-hydroxylation sites is 2. The van der Waals surface area contributed by atoms with E-state index < -0.39 is 0 Å². The zero-order valence-corrected chi connectivity index (χ0v) is 13.4. The maximum absolute atomic E-state index is 4.47. The van der Waals surface area contributed by atoms with Crippen molar-refractivity contribution < 1.29 is 0 Å². The molecule has 0 amide bonds. The summed E-state index contributed by atoms with van der Waals surface area (Å²) in [5, 5.41) is 3.49. The molecule has 1 aromatic heterocycles. The number of rotatable bonds is 3. The summed E-state index contributed by atoms with van der Waals surface area (Å²) in [6.07, 6.45) is 1.90. The molecule has 118 valence electrons. The molecular formula is C19H22N4. The van der Waals surface area contributed by atoms with Crippen molar-refractivity contribution in [2.24, 2.45) is 0 Å². The Hall–Kier alpha value is -2.17. The van der Waals surface area contributed by atoms with Crippen molar-refractivity contribution in [3.63, 3.8) is 0 Å². The lowest BCUT2D eigenvalue weighted by Gasteiger charge is -2.31. The molecule has 1 aliphatic heterocycles. The number of imidazole rings is 1. The summed E-state index contributed by atoms with van der Waals surface area (Å²) < 4.78 is 2.14. The molecule has 1 N–H and O–H groups in total. The summed E-state index contributed by atoms with van der Waals surface area (Å²) in [7, 11) is 0. The second-order valence-corrected chi connectivity index (χ2v) is 6.36. The molecule has 0 saturated carbocycles. The lowest BCUT2D eigenvalue weighted by atomic mass is 10.1. The van der Waals surface area contributed by atoms with Gasteiger partial charge >= 0.3 is 0 Å². The van der Waals surface area contributed by atoms with Crippen LogP contribution in [0.5, 0.6) is 0 Å². The number of benzene rings is 2. The van der Waals surface area contributed by atoms with E-state index >= 15 is 0 Å². The van der Waals surface area contributed by atoms with Crippen LogP contribution in [0.25, 0.3) is 16.7 Å². The second kappa shape index (κ2) is 6.14. The molecule has 1 aliphatic rings. The van der Waals surface area contributed by atoms with Gasteiger partial charge in [0.15, 0.2) is 0 Å². The van der Waals surface area contributed by atoms with Crippen molar-refractivity contribution in [3.05, 3.63) is 60.4 Å². The quantitative estimate of drug-likeness (QED) is 0.808. The smallest absolute Gasteiger partial charge is 0.100 e. The van der Waals surface area contributed by atoms with Crippen LogP contribution in [0.4, 0.5) is 0 Å². The summed E-state index contributed by atoms with van der Waals surface area (Å²) >= 11 is 0. The summed E-state index contributed by atoms with van der Waals surface area (Å²) in [6.45, 7) is 6.60. The van der Waals surface area contributed by atoms with Gasteiger partial charge in [0.1, 0.15) is 6.33 Å². The van der Waals surface area contributed by atoms with Crippen LogP contribution < -0.4 is 5.32 Å². The van der Waals surface area contributed by atoms with Gasteiger partial charge < -0.3 is 5.32 Å². The van der Waals surface area contributed by atoms with Crippen molar-refractivity contribution in [1.29, 1.82) is 0 Å². The van der Waals surface area contributed by atoms with Crippen molar-refractivity contribution in [1.82, 2.24) is 19.8 Å². The predicted molar refractivity (Wildman–Crippen MR) is 93.8 cm³/mol. The zero-order valence-electron chi connectivity index (χ0n) is 13.4. The predicted octanol–water partition coefficient (Wildman–Crippen LogP) is 2.82. The number of nitrogens with zero attached hydrogens (tertiary/aromatic N) is 3. The molecule has 1 atom stereocenters. The normalized spacial score (nSPS) is 19.3. The molecule has 0 spiro atoms. The molecule has 23 heavy (non-hydrogen) atoms. The molecule has 2 heterocycles. The summed E-state index contributed by atoms with van der Waals surface area (Å²) in [5.41, 5.74) is 4.71. The highest BCUT2D eigenvalue weighted by atomic mass is 15.2. The van der Waals surface area contributed by atoms with Gasteiger partial charge in [-0.2, -0.15) is 0 Å². The van der Waals surface area contributed by atoms with Gasteiger partial charge in [-0.1, -0.05) is 24.3 Å². The van der Waals surface area contributed by atoms with Gasteiger partial charge in [0.25, 0.3) is 0 Å². The van der Waals surface area contributed by atoms with Gasteiger partial charge in [0.2, 0.25) is 0 Å². The molecule has 0 radical (unpaired) electrons.